The first-order valence-electron chi connectivity index (χ1n) is 6.11. The summed E-state index contributed by atoms with van der Waals surface area (Å²) in [5.74, 6) is 0.591. The largest absolute Gasteiger partial charge is 0.399 e. The van der Waals surface area contributed by atoms with Crippen molar-refractivity contribution in [1.29, 1.82) is 0 Å². The number of halogens is 2. The van der Waals surface area contributed by atoms with E-state index in [0.717, 1.165) is 12.8 Å². The summed E-state index contributed by atoms with van der Waals surface area (Å²) in [6.45, 7) is 4.18. The van der Waals surface area contributed by atoms with Crippen LogP contribution in [0, 0.1) is 0 Å². The molecule has 2 aromatic rings. The van der Waals surface area contributed by atoms with Crippen LogP contribution < -0.4 is 5.73 Å². The second kappa shape index (κ2) is 5.75. The van der Waals surface area contributed by atoms with Crippen LogP contribution >= 0.6 is 23.2 Å². The van der Waals surface area contributed by atoms with Crippen molar-refractivity contribution in [3.05, 3.63) is 22.2 Å². The van der Waals surface area contributed by atoms with Gasteiger partial charge in [-0.05, 0) is 35.4 Å². The van der Waals surface area contributed by atoms with Gasteiger partial charge in [0.25, 0.3) is 0 Å². The lowest BCUT2D eigenvalue weighted by molar-refractivity contribution is 0.422. The summed E-state index contributed by atoms with van der Waals surface area (Å²) < 4.78 is 1.77. The Kier molecular flexibility index (Phi) is 4.27. The Bertz CT molecular complexity index is 577. The van der Waals surface area contributed by atoms with Gasteiger partial charge in [-0.2, -0.15) is 0 Å². The van der Waals surface area contributed by atoms with Crippen molar-refractivity contribution < 1.29 is 0 Å². The maximum absolute atomic E-state index is 6.22. The van der Waals surface area contributed by atoms with Gasteiger partial charge in [-0.1, -0.05) is 37.0 Å². The fourth-order valence-corrected chi connectivity index (χ4v) is 2.45. The van der Waals surface area contributed by atoms with Crippen LogP contribution in [0.3, 0.4) is 0 Å². The molecule has 19 heavy (non-hydrogen) atoms. The smallest absolute Gasteiger partial charge is 0.183 e. The van der Waals surface area contributed by atoms with E-state index in [-0.39, 0.29) is 6.04 Å². The zero-order valence-corrected chi connectivity index (χ0v) is 12.3. The lowest BCUT2D eigenvalue weighted by atomic mass is 10.1. The Morgan fingerprint density at radius 2 is 1.95 bits per heavy atom. The number of nitrogens with zero attached hydrogens (tertiary/aromatic N) is 4. The average Bonchev–Trinajstić information content (AvgIpc) is 2.84. The molecule has 0 fully saturated rings. The predicted molar refractivity (Wildman–Crippen MR) is 77.3 cm³/mol. The first-order chi connectivity index (χ1) is 9.08. The van der Waals surface area contributed by atoms with E-state index < -0.39 is 0 Å². The molecule has 0 radical (unpaired) electrons. The van der Waals surface area contributed by atoms with Gasteiger partial charge >= 0.3 is 0 Å². The molecule has 2 N–H and O–H groups in total. The van der Waals surface area contributed by atoms with E-state index >= 15 is 0 Å². The molecular weight excluding hydrogens is 285 g/mol. The van der Waals surface area contributed by atoms with Crippen LogP contribution in [-0.2, 0) is 0 Å². The van der Waals surface area contributed by atoms with Gasteiger partial charge < -0.3 is 5.73 Å². The van der Waals surface area contributed by atoms with Gasteiger partial charge in [0.15, 0.2) is 5.82 Å². The molecule has 102 valence electrons. The van der Waals surface area contributed by atoms with Gasteiger partial charge in [0.1, 0.15) is 0 Å². The number of nitrogen functional groups attached to an aromatic ring is 1. The van der Waals surface area contributed by atoms with Gasteiger partial charge in [-0.15, -0.1) is 5.10 Å². The van der Waals surface area contributed by atoms with Crippen LogP contribution in [0.2, 0.25) is 10.0 Å². The summed E-state index contributed by atoms with van der Waals surface area (Å²) in [6, 6.07) is 3.57. The molecule has 0 aliphatic heterocycles. The van der Waals surface area contributed by atoms with Gasteiger partial charge in [0.05, 0.1) is 16.1 Å². The minimum atomic E-state index is 0.223. The minimum Gasteiger partial charge on any atom is -0.399 e. The van der Waals surface area contributed by atoms with Crippen LogP contribution in [0.5, 0.6) is 0 Å². The third-order valence-corrected chi connectivity index (χ3v) is 3.87. The zero-order chi connectivity index (χ0) is 14.0. The van der Waals surface area contributed by atoms with Crippen molar-refractivity contribution >= 4 is 28.9 Å². The summed E-state index contributed by atoms with van der Waals surface area (Å²) in [5, 5.41) is 12.6. The zero-order valence-electron chi connectivity index (χ0n) is 10.8. The highest BCUT2D eigenvalue weighted by Gasteiger charge is 2.19. The molecule has 0 bridgehead atoms. The van der Waals surface area contributed by atoms with Crippen molar-refractivity contribution in [2.45, 2.75) is 32.7 Å². The molecule has 0 atom stereocenters. The van der Waals surface area contributed by atoms with Crippen molar-refractivity contribution in [2.75, 3.05) is 5.73 Å². The van der Waals surface area contributed by atoms with Crippen LogP contribution in [0.25, 0.3) is 11.4 Å². The molecule has 0 amide bonds. The third kappa shape index (κ3) is 2.67. The molecular formula is C12H15Cl2N5. The van der Waals surface area contributed by atoms with E-state index in [1.54, 1.807) is 16.8 Å². The summed E-state index contributed by atoms with van der Waals surface area (Å²) in [7, 11) is 0. The Morgan fingerprint density at radius 3 is 2.58 bits per heavy atom. The van der Waals surface area contributed by atoms with Crippen LogP contribution in [-0.4, -0.2) is 20.2 Å². The second-order valence-electron chi connectivity index (χ2n) is 4.28. The molecule has 0 saturated carbocycles. The summed E-state index contributed by atoms with van der Waals surface area (Å²) >= 11 is 12.3. The van der Waals surface area contributed by atoms with E-state index in [2.05, 4.69) is 29.4 Å². The standard InChI is InChI=1S/C12H15Cl2N5/c1-3-8(4-2)19-12(16-17-18-19)9-5-7(15)6-10(13)11(9)14/h5-6,8H,3-4,15H2,1-2H3. The molecule has 2 rings (SSSR count). The Hall–Kier alpha value is -1.33. The maximum atomic E-state index is 6.22. The van der Waals surface area contributed by atoms with Crippen LogP contribution in [0.4, 0.5) is 5.69 Å². The van der Waals surface area contributed by atoms with Crippen LogP contribution in [0.1, 0.15) is 32.7 Å². The third-order valence-electron chi connectivity index (χ3n) is 3.07. The van der Waals surface area contributed by atoms with Crippen molar-refractivity contribution in [1.82, 2.24) is 20.2 Å². The molecule has 1 heterocycles. The van der Waals surface area contributed by atoms with Crippen molar-refractivity contribution in [3.8, 4) is 11.4 Å². The normalized spacial score (nSPS) is 11.2. The fourth-order valence-electron chi connectivity index (χ4n) is 2.02. The molecule has 5 nitrogen and oxygen atoms in total. The Balaban J connectivity index is 2.57. The minimum absolute atomic E-state index is 0.223. The van der Waals surface area contributed by atoms with Crippen LogP contribution in [0.15, 0.2) is 12.1 Å². The number of anilines is 1. The quantitative estimate of drug-likeness (QED) is 0.876. The topological polar surface area (TPSA) is 69.6 Å². The summed E-state index contributed by atoms with van der Waals surface area (Å²) in [5.41, 5.74) is 6.99. The number of tetrazole rings is 1. The maximum Gasteiger partial charge on any atom is 0.183 e. The highest BCUT2D eigenvalue weighted by atomic mass is 35.5. The van der Waals surface area contributed by atoms with Crippen molar-refractivity contribution in [3.63, 3.8) is 0 Å². The fraction of sp³-hybridized carbons (Fsp3) is 0.417. The van der Waals surface area contributed by atoms with E-state index in [4.69, 9.17) is 28.9 Å². The van der Waals surface area contributed by atoms with Gasteiger partial charge in [0, 0.05) is 11.3 Å². The molecule has 7 heteroatoms. The first kappa shape index (κ1) is 14.1. The lowest BCUT2D eigenvalue weighted by Crippen LogP contribution is -2.11. The molecule has 0 saturated heterocycles. The number of benzene rings is 1. The molecule has 1 aromatic heterocycles. The molecule has 0 unspecified atom stereocenters. The number of rotatable bonds is 4. The number of hydrogen-bond donors (Lipinski definition) is 1. The predicted octanol–water partition coefficient (Wildman–Crippen LogP) is 3.59. The monoisotopic (exact) mass is 299 g/mol. The summed E-state index contributed by atoms with van der Waals surface area (Å²) in [4.78, 5) is 0. The highest BCUT2D eigenvalue weighted by molar-refractivity contribution is 6.43. The molecule has 0 aliphatic rings. The SMILES string of the molecule is CCC(CC)n1nnnc1-c1cc(N)cc(Cl)c1Cl. The number of hydrogen-bond acceptors (Lipinski definition) is 4. The molecule has 1 aromatic carbocycles. The van der Waals surface area contributed by atoms with E-state index in [0.29, 0.717) is 27.1 Å². The highest BCUT2D eigenvalue weighted by Crippen LogP contribution is 2.35. The van der Waals surface area contributed by atoms with Gasteiger partial charge in [-0.3, -0.25) is 0 Å². The molecule has 0 spiro atoms. The first-order valence-corrected chi connectivity index (χ1v) is 6.86. The van der Waals surface area contributed by atoms with Gasteiger partial charge in [0.2, 0.25) is 0 Å². The Morgan fingerprint density at radius 1 is 1.26 bits per heavy atom. The second-order valence-corrected chi connectivity index (χ2v) is 5.07. The van der Waals surface area contributed by atoms with E-state index in [1.165, 1.54) is 0 Å². The lowest BCUT2D eigenvalue weighted by Gasteiger charge is -2.15. The number of aromatic nitrogens is 4. The summed E-state index contributed by atoms with van der Waals surface area (Å²) in [6.07, 6.45) is 1.87. The number of nitrogens with two attached hydrogens (primary N) is 1. The Labute approximate surface area is 121 Å². The van der Waals surface area contributed by atoms with E-state index in [9.17, 15) is 0 Å². The average molecular weight is 300 g/mol. The van der Waals surface area contributed by atoms with Crippen molar-refractivity contribution in [2.24, 2.45) is 0 Å². The van der Waals surface area contributed by atoms with Gasteiger partial charge in [-0.25, -0.2) is 4.68 Å². The van der Waals surface area contributed by atoms with E-state index in [1.807, 2.05) is 0 Å². The molecule has 0 aliphatic carbocycles.